The molecule has 1 fully saturated rings. The zero-order valence-corrected chi connectivity index (χ0v) is 12.8. The first kappa shape index (κ1) is 14.5. The predicted octanol–water partition coefficient (Wildman–Crippen LogP) is 3.11. The minimum absolute atomic E-state index is 0.416. The van der Waals surface area contributed by atoms with Crippen LogP contribution in [0, 0.1) is 5.92 Å². The summed E-state index contributed by atoms with van der Waals surface area (Å²) in [6.45, 7) is 3.15. The summed E-state index contributed by atoms with van der Waals surface area (Å²) in [6.07, 6.45) is 1.29. The van der Waals surface area contributed by atoms with Gasteiger partial charge in [-0.2, -0.15) is 11.8 Å². The van der Waals surface area contributed by atoms with E-state index in [2.05, 4.69) is 36.1 Å². The Morgan fingerprint density at radius 2 is 2.11 bits per heavy atom. The maximum Gasteiger partial charge on any atom is 0.161 e. The van der Waals surface area contributed by atoms with E-state index in [1.807, 2.05) is 6.07 Å². The molecule has 1 aliphatic rings. The van der Waals surface area contributed by atoms with Crippen molar-refractivity contribution in [2.24, 2.45) is 5.92 Å². The number of rotatable bonds is 6. The van der Waals surface area contributed by atoms with Crippen molar-refractivity contribution in [3.8, 4) is 11.5 Å². The molecule has 1 heterocycles. The van der Waals surface area contributed by atoms with Crippen molar-refractivity contribution in [1.29, 1.82) is 0 Å². The van der Waals surface area contributed by atoms with Crippen LogP contribution in [0.5, 0.6) is 11.5 Å². The molecule has 1 N–H and O–H groups in total. The number of hydrogen-bond donors (Lipinski definition) is 1. The second-order valence-corrected chi connectivity index (χ2v) is 5.92. The number of nitrogens with one attached hydrogen (secondary N) is 1. The molecule has 3 nitrogen and oxygen atoms in total. The molecule has 0 bridgehead atoms. The molecular formula is C15H23NO2S. The Balaban J connectivity index is 2.25. The largest absolute Gasteiger partial charge is 0.493 e. The van der Waals surface area contributed by atoms with Crippen LogP contribution >= 0.6 is 11.8 Å². The molecule has 4 heteroatoms. The van der Waals surface area contributed by atoms with Crippen LogP contribution < -0.4 is 14.8 Å². The van der Waals surface area contributed by atoms with Gasteiger partial charge in [-0.05, 0) is 48.1 Å². The average molecular weight is 281 g/mol. The highest BCUT2D eigenvalue weighted by molar-refractivity contribution is 7.99. The molecule has 0 saturated carbocycles. The normalized spacial score (nSPS) is 20.3. The Morgan fingerprint density at radius 3 is 2.68 bits per heavy atom. The summed E-state index contributed by atoms with van der Waals surface area (Å²) in [4.78, 5) is 0. The van der Waals surface area contributed by atoms with E-state index < -0.39 is 0 Å². The molecule has 2 rings (SSSR count). The van der Waals surface area contributed by atoms with Gasteiger partial charge >= 0.3 is 0 Å². The summed E-state index contributed by atoms with van der Waals surface area (Å²) in [7, 11) is 3.36. The second-order valence-electron chi connectivity index (χ2n) is 4.77. The smallest absolute Gasteiger partial charge is 0.161 e. The first-order valence-corrected chi connectivity index (χ1v) is 7.98. The number of benzene rings is 1. The van der Waals surface area contributed by atoms with Crippen LogP contribution in [0.25, 0.3) is 0 Å². The van der Waals surface area contributed by atoms with Crippen LogP contribution in [0.2, 0.25) is 0 Å². The van der Waals surface area contributed by atoms with Gasteiger partial charge in [-0.1, -0.05) is 13.0 Å². The molecule has 19 heavy (non-hydrogen) atoms. The fourth-order valence-corrected chi connectivity index (χ4v) is 3.94. The molecule has 1 aliphatic heterocycles. The summed E-state index contributed by atoms with van der Waals surface area (Å²) in [5, 5.41) is 3.62. The maximum absolute atomic E-state index is 5.41. The lowest BCUT2D eigenvalue weighted by molar-refractivity contribution is 0.351. The van der Waals surface area contributed by atoms with Gasteiger partial charge in [0.05, 0.1) is 14.2 Å². The third-order valence-corrected chi connectivity index (χ3v) is 4.82. The highest BCUT2D eigenvalue weighted by atomic mass is 32.2. The van der Waals surface area contributed by atoms with Crippen LogP contribution in [0.3, 0.4) is 0 Å². The minimum Gasteiger partial charge on any atom is -0.493 e. The van der Waals surface area contributed by atoms with Crippen molar-refractivity contribution in [3.63, 3.8) is 0 Å². The van der Waals surface area contributed by atoms with Crippen LogP contribution in [-0.4, -0.2) is 32.3 Å². The molecule has 2 atom stereocenters. The molecule has 2 unspecified atom stereocenters. The number of thioether (sulfide) groups is 1. The second kappa shape index (κ2) is 7.06. The summed E-state index contributed by atoms with van der Waals surface area (Å²) in [5.41, 5.74) is 1.30. The lowest BCUT2D eigenvalue weighted by Gasteiger charge is -2.25. The van der Waals surface area contributed by atoms with Gasteiger partial charge in [-0.3, -0.25) is 0 Å². The molecule has 1 aromatic carbocycles. The fraction of sp³-hybridized carbons (Fsp3) is 0.600. The van der Waals surface area contributed by atoms with Gasteiger partial charge in [0.1, 0.15) is 0 Å². The first-order chi connectivity index (χ1) is 9.30. The Hall–Kier alpha value is -0.870. The molecule has 0 amide bonds. The van der Waals surface area contributed by atoms with Crippen LogP contribution in [0.15, 0.2) is 18.2 Å². The van der Waals surface area contributed by atoms with Crippen molar-refractivity contribution < 1.29 is 9.47 Å². The monoisotopic (exact) mass is 281 g/mol. The van der Waals surface area contributed by atoms with E-state index in [0.717, 1.165) is 18.0 Å². The molecule has 0 spiro atoms. The maximum atomic E-state index is 5.41. The van der Waals surface area contributed by atoms with Gasteiger partial charge < -0.3 is 14.8 Å². The van der Waals surface area contributed by atoms with Crippen molar-refractivity contribution in [3.05, 3.63) is 23.8 Å². The van der Waals surface area contributed by atoms with Gasteiger partial charge in [0.25, 0.3) is 0 Å². The summed E-state index contributed by atoms with van der Waals surface area (Å²) < 4.78 is 10.7. The molecular weight excluding hydrogens is 258 g/mol. The molecule has 0 radical (unpaired) electrons. The fourth-order valence-electron chi connectivity index (χ4n) is 2.64. The first-order valence-electron chi connectivity index (χ1n) is 6.83. The van der Waals surface area contributed by atoms with Gasteiger partial charge in [-0.25, -0.2) is 0 Å². The molecule has 106 valence electrons. The molecule has 0 aliphatic carbocycles. The quantitative estimate of drug-likeness (QED) is 0.868. The van der Waals surface area contributed by atoms with E-state index >= 15 is 0 Å². The van der Waals surface area contributed by atoms with Crippen molar-refractivity contribution in [2.75, 3.05) is 32.3 Å². The van der Waals surface area contributed by atoms with Crippen LogP contribution in [0.4, 0.5) is 0 Å². The zero-order chi connectivity index (χ0) is 13.7. The molecule has 1 aromatic rings. The minimum atomic E-state index is 0.416. The Bertz CT molecular complexity index is 405. The van der Waals surface area contributed by atoms with Crippen molar-refractivity contribution in [2.45, 2.75) is 19.4 Å². The van der Waals surface area contributed by atoms with E-state index in [0.29, 0.717) is 12.0 Å². The van der Waals surface area contributed by atoms with E-state index in [9.17, 15) is 0 Å². The highest BCUT2D eigenvalue weighted by Gasteiger charge is 2.26. The van der Waals surface area contributed by atoms with E-state index in [1.54, 1.807) is 14.2 Å². The van der Waals surface area contributed by atoms with Gasteiger partial charge in [0.15, 0.2) is 11.5 Å². The third-order valence-electron chi connectivity index (χ3n) is 3.63. The Labute approximate surface area is 120 Å². The Morgan fingerprint density at radius 1 is 1.32 bits per heavy atom. The number of methoxy groups -OCH3 is 2. The van der Waals surface area contributed by atoms with Gasteiger partial charge in [0.2, 0.25) is 0 Å². The van der Waals surface area contributed by atoms with E-state index in [-0.39, 0.29) is 0 Å². The van der Waals surface area contributed by atoms with Crippen molar-refractivity contribution in [1.82, 2.24) is 5.32 Å². The van der Waals surface area contributed by atoms with Gasteiger partial charge in [-0.15, -0.1) is 0 Å². The van der Waals surface area contributed by atoms with E-state index in [4.69, 9.17) is 9.47 Å². The highest BCUT2D eigenvalue weighted by Crippen LogP contribution is 2.37. The molecule has 1 saturated heterocycles. The summed E-state index contributed by atoms with van der Waals surface area (Å²) >= 11 is 2.05. The lowest BCUT2D eigenvalue weighted by Crippen LogP contribution is -2.28. The summed E-state index contributed by atoms with van der Waals surface area (Å²) in [6, 6.07) is 6.67. The zero-order valence-electron chi connectivity index (χ0n) is 11.9. The number of hydrogen-bond acceptors (Lipinski definition) is 4. The van der Waals surface area contributed by atoms with Crippen LogP contribution in [-0.2, 0) is 0 Å². The molecule has 0 aromatic heterocycles. The van der Waals surface area contributed by atoms with Crippen LogP contribution in [0.1, 0.15) is 24.9 Å². The SMILES string of the molecule is CCNC(c1ccc(OC)c(OC)c1)C1CCSC1. The van der Waals surface area contributed by atoms with E-state index in [1.165, 1.54) is 23.5 Å². The lowest BCUT2D eigenvalue weighted by atomic mass is 9.92. The standard InChI is InChI=1S/C15H23NO2S/c1-4-16-15(12-7-8-19-10-12)11-5-6-13(17-2)14(9-11)18-3/h5-6,9,12,15-16H,4,7-8,10H2,1-3H3. The Kier molecular flexibility index (Phi) is 5.40. The predicted molar refractivity (Wildman–Crippen MR) is 81.4 cm³/mol. The van der Waals surface area contributed by atoms with Gasteiger partial charge in [0, 0.05) is 6.04 Å². The topological polar surface area (TPSA) is 30.5 Å². The number of ether oxygens (including phenoxy) is 2. The third kappa shape index (κ3) is 3.37. The average Bonchev–Trinajstić information content (AvgIpc) is 2.98. The summed E-state index contributed by atoms with van der Waals surface area (Å²) in [5.74, 6) is 4.84. The van der Waals surface area contributed by atoms with Crippen molar-refractivity contribution >= 4 is 11.8 Å².